The van der Waals surface area contributed by atoms with Crippen LogP contribution in [0, 0.1) is 0 Å². The molecule has 0 aromatic heterocycles. The summed E-state index contributed by atoms with van der Waals surface area (Å²) in [6, 6.07) is 27.8. The Morgan fingerprint density at radius 1 is 0.848 bits per heavy atom. The van der Waals surface area contributed by atoms with Gasteiger partial charge in [-0.3, -0.25) is 13.9 Å². The summed E-state index contributed by atoms with van der Waals surface area (Å²) in [6.45, 7) is 3.90. The summed E-state index contributed by atoms with van der Waals surface area (Å²) < 4.78 is 40.3. The number of nitrogens with zero attached hydrogens (tertiary/aromatic N) is 2. The summed E-state index contributed by atoms with van der Waals surface area (Å²) in [7, 11) is -2.71. The van der Waals surface area contributed by atoms with Crippen LogP contribution in [0.4, 0.5) is 5.69 Å². The number of anilines is 1. The lowest BCUT2D eigenvalue weighted by Crippen LogP contribution is -2.53. The van der Waals surface area contributed by atoms with Crippen molar-refractivity contribution in [2.75, 3.05) is 31.1 Å². The molecule has 0 heterocycles. The van der Waals surface area contributed by atoms with Crippen molar-refractivity contribution < 1.29 is 27.5 Å². The van der Waals surface area contributed by atoms with E-state index in [4.69, 9.17) is 21.1 Å². The van der Waals surface area contributed by atoms with Gasteiger partial charge in [-0.25, -0.2) is 8.42 Å². The topological polar surface area (TPSA) is 105 Å². The van der Waals surface area contributed by atoms with E-state index in [-0.39, 0.29) is 29.5 Å². The molecule has 0 spiro atoms. The van der Waals surface area contributed by atoms with E-state index in [0.717, 1.165) is 9.87 Å². The Kier molecular flexibility index (Phi) is 12.1. The second kappa shape index (κ2) is 16.1. The Balaban J connectivity index is 1.80. The van der Waals surface area contributed by atoms with Crippen LogP contribution in [0.15, 0.2) is 108 Å². The zero-order valence-corrected chi connectivity index (χ0v) is 27.6. The molecule has 2 amide bonds. The monoisotopic (exact) mass is 663 g/mol. The molecule has 0 saturated heterocycles. The summed E-state index contributed by atoms with van der Waals surface area (Å²) in [6.07, 6.45) is 0.218. The number of hydrogen-bond donors (Lipinski definition) is 1. The predicted octanol–water partition coefficient (Wildman–Crippen LogP) is 5.72. The minimum Gasteiger partial charge on any atom is -0.497 e. The Morgan fingerprint density at radius 2 is 1.52 bits per heavy atom. The molecule has 0 aliphatic carbocycles. The number of carbonyl (C=O) groups is 2. The highest BCUT2D eigenvalue weighted by Gasteiger charge is 2.34. The lowest BCUT2D eigenvalue weighted by molar-refractivity contribution is -0.140. The highest BCUT2D eigenvalue weighted by atomic mass is 35.5. The van der Waals surface area contributed by atoms with Gasteiger partial charge in [-0.1, -0.05) is 54.1 Å². The first-order valence-electron chi connectivity index (χ1n) is 14.9. The van der Waals surface area contributed by atoms with Crippen molar-refractivity contribution in [1.29, 1.82) is 0 Å². The van der Waals surface area contributed by atoms with Crippen molar-refractivity contribution in [3.8, 4) is 11.5 Å². The molecule has 1 atom stereocenters. The zero-order chi connectivity index (χ0) is 33.1. The van der Waals surface area contributed by atoms with Gasteiger partial charge in [-0.05, 0) is 85.6 Å². The number of amides is 2. The second-order valence-corrected chi connectivity index (χ2v) is 12.7. The fraction of sp³-hybridized carbons (Fsp3) is 0.257. The molecule has 0 bridgehead atoms. The van der Waals surface area contributed by atoms with E-state index in [2.05, 4.69) is 5.32 Å². The Morgan fingerprint density at radius 3 is 2.15 bits per heavy atom. The third kappa shape index (κ3) is 8.80. The molecule has 0 fully saturated rings. The van der Waals surface area contributed by atoms with E-state index in [1.54, 1.807) is 56.5 Å². The maximum Gasteiger partial charge on any atom is 0.264 e. The lowest BCUT2D eigenvalue weighted by Gasteiger charge is -2.34. The number of nitrogens with one attached hydrogen (secondary N) is 1. The summed E-state index contributed by atoms with van der Waals surface area (Å²) >= 11 is 6.06. The molecule has 4 rings (SSSR count). The van der Waals surface area contributed by atoms with Crippen LogP contribution in [-0.4, -0.2) is 58.0 Å². The Labute approximate surface area is 275 Å². The number of methoxy groups -OCH3 is 1. The van der Waals surface area contributed by atoms with E-state index in [1.807, 2.05) is 43.3 Å². The van der Waals surface area contributed by atoms with Gasteiger partial charge < -0.3 is 19.7 Å². The molecule has 242 valence electrons. The minimum absolute atomic E-state index is 0.0305. The maximum atomic E-state index is 14.5. The zero-order valence-electron chi connectivity index (χ0n) is 26.1. The van der Waals surface area contributed by atoms with Gasteiger partial charge >= 0.3 is 0 Å². The van der Waals surface area contributed by atoms with Crippen molar-refractivity contribution >= 4 is 39.1 Å². The highest BCUT2D eigenvalue weighted by Crippen LogP contribution is 2.28. The van der Waals surface area contributed by atoms with E-state index in [9.17, 15) is 18.0 Å². The highest BCUT2D eigenvalue weighted by molar-refractivity contribution is 7.92. The van der Waals surface area contributed by atoms with Gasteiger partial charge in [0.1, 0.15) is 24.1 Å². The Bertz CT molecular complexity index is 1700. The van der Waals surface area contributed by atoms with Gasteiger partial charge in [0.05, 0.1) is 24.3 Å². The van der Waals surface area contributed by atoms with Crippen LogP contribution in [0.1, 0.15) is 25.0 Å². The van der Waals surface area contributed by atoms with Gasteiger partial charge in [0.25, 0.3) is 10.0 Å². The molecule has 4 aromatic rings. The number of sulfonamides is 1. The summed E-state index contributed by atoms with van der Waals surface area (Å²) in [5.41, 5.74) is 1.81. The number of benzene rings is 4. The van der Waals surface area contributed by atoms with E-state index in [0.29, 0.717) is 35.2 Å². The minimum atomic E-state index is -4.26. The number of rotatable bonds is 15. The molecule has 46 heavy (non-hydrogen) atoms. The number of halogens is 1. The van der Waals surface area contributed by atoms with Gasteiger partial charge in [-0.2, -0.15) is 0 Å². The Hall–Kier alpha value is -4.54. The molecule has 0 aliphatic heterocycles. The number of ether oxygens (including phenoxy) is 2. The van der Waals surface area contributed by atoms with E-state index < -0.39 is 28.5 Å². The third-order valence-electron chi connectivity index (χ3n) is 7.23. The van der Waals surface area contributed by atoms with Crippen molar-refractivity contribution in [3.05, 3.63) is 119 Å². The summed E-state index contributed by atoms with van der Waals surface area (Å²) in [5, 5.41) is 3.23. The van der Waals surface area contributed by atoms with Crippen LogP contribution in [-0.2, 0) is 32.6 Å². The van der Waals surface area contributed by atoms with Crippen molar-refractivity contribution in [1.82, 2.24) is 10.2 Å². The van der Waals surface area contributed by atoms with Crippen LogP contribution in [0.3, 0.4) is 0 Å². The maximum absolute atomic E-state index is 14.5. The molecule has 11 heteroatoms. The van der Waals surface area contributed by atoms with Crippen LogP contribution < -0.4 is 19.1 Å². The van der Waals surface area contributed by atoms with E-state index in [1.165, 1.54) is 29.2 Å². The average Bonchev–Trinajstić information content (AvgIpc) is 3.06. The first-order chi connectivity index (χ1) is 22.2. The first-order valence-corrected chi connectivity index (χ1v) is 16.7. The molecular formula is C35H38ClN3O6S. The number of carbonyl (C=O) groups excluding carboxylic acids is 2. The van der Waals surface area contributed by atoms with Crippen molar-refractivity contribution in [2.24, 2.45) is 0 Å². The van der Waals surface area contributed by atoms with Gasteiger partial charge in [0.2, 0.25) is 11.8 Å². The van der Waals surface area contributed by atoms with Gasteiger partial charge in [-0.15, -0.1) is 0 Å². The molecule has 4 aromatic carbocycles. The predicted molar refractivity (Wildman–Crippen MR) is 180 cm³/mol. The molecule has 1 N–H and O–H groups in total. The molecule has 9 nitrogen and oxygen atoms in total. The van der Waals surface area contributed by atoms with Crippen LogP contribution >= 0.6 is 11.6 Å². The fourth-order valence-electron chi connectivity index (χ4n) is 4.95. The largest absolute Gasteiger partial charge is 0.497 e. The first kappa shape index (κ1) is 34.3. The van der Waals surface area contributed by atoms with Crippen LogP contribution in [0.2, 0.25) is 5.02 Å². The lowest BCUT2D eigenvalue weighted by atomic mass is 10.0. The summed E-state index contributed by atoms with van der Waals surface area (Å²) in [4.78, 5) is 29.5. The van der Waals surface area contributed by atoms with Gasteiger partial charge in [0.15, 0.2) is 0 Å². The van der Waals surface area contributed by atoms with Crippen molar-refractivity contribution in [2.45, 2.75) is 37.8 Å². The van der Waals surface area contributed by atoms with Crippen LogP contribution in [0.25, 0.3) is 0 Å². The van der Waals surface area contributed by atoms with Gasteiger partial charge in [0, 0.05) is 24.5 Å². The standard InChI is InChI=1S/C35H38ClN3O6S/c1-4-37-35(41)33(23-26-10-7-6-8-11-26)38(24-27-12-9-13-31(22-27)44-3)34(40)25-39(29-16-18-30(19-17-29)45-5-2)46(42,43)32-20-14-28(36)15-21-32/h6-22,33H,4-5,23-25H2,1-3H3,(H,37,41). The molecule has 0 aliphatic rings. The SMILES string of the molecule is CCNC(=O)C(Cc1ccccc1)N(Cc1cccc(OC)c1)C(=O)CN(c1ccc(OCC)cc1)S(=O)(=O)c1ccc(Cl)cc1. The molecule has 0 saturated carbocycles. The van der Waals surface area contributed by atoms with Crippen LogP contribution in [0.5, 0.6) is 11.5 Å². The molecule has 1 unspecified atom stereocenters. The molecule has 0 radical (unpaired) electrons. The van der Waals surface area contributed by atoms with Crippen molar-refractivity contribution in [3.63, 3.8) is 0 Å². The summed E-state index contributed by atoms with van der Waals surface area (Å²) in [5.74, 6) is 0.223. The number of hydrogen-bond acceptors (Lipinski definition) is 6. The normalized spacial score (nSPS) is 11.7. The second-order valence-electron chi connectivity index (χ2n) is 10.4. The average molecular weight is 664 g/mol. The molecular weight excluding hydrogens is 626 g/mol. The fourth-order valence-corrected chi connectivity index (χ4v) is 6.49. The van der Waals surface area contributed by atoms with E-state index >= 15 is 0 Å². The number of likely N-dealkylation sites (N-methyl/N-ethyl adjacent to an activating group) is 1. The third-order valence-corrected chi connectivity index (χ3v) is 9.27. The quantitative estimate of drug-likeness (QED) is 0.175. The smallest absolute Gasteiger partial charge is 0.264 e.